The molecule has 4 rings (SSSR count). The fourth-order valence-corrected chi connectivity index (χ4v) is 7.65. The largest absolute Gasteiger partial charge is 0.456 e. The summed E-state index contributed by atoms with van der Waals surface area (Å²) in [7, 11) is 0. The molecule has 4 atom stereocenters. The molecule has 4 aromatic carbocycles. The Hall–Kier alpha value is -3.07. The summed E-state index contributed by atoms with van der Waals surface area (Å²) in [6.45, 7) is 7.33. The Labute approximate surface area is 277 Å². The van der Waals surface area contributed by atoms with Gasteiger partial charge in [0.15, 0.2) is 0 Å². The number of rotatable bonds is 19. The van der Waals surface area contributed by atoms with E-state index in [9.17, 15) is 4.79 Å². The molecule has 0 aromatic heterocycles. The average molecular weight is 645 g/mol. The molecule has 0 spiro atoms. The van der Waals surface area contributed by atoms with Crippen molar-refractivity contribution in [2.45, 2.75) is 69.6 Å². The molecule has 0 heterocycles. The number of hydrogen-bond donors (Lipinski definition) is 0. The second-order valence-electron chi connectivity index (χ2n) is 10.5. The second kappa shape index (κ2) is 19.4. The smallest absolute Gasteiger partial charge is 0.338 e. The minimum atomic E-state index is -0.635. The topological polar surface area (TPSA) is 54.0 Å². The van der Waals surface area contributed by atoms with Crippen molar-refractivity contribution in [2.24, 2.45) is 0 Å². The van der Waals surface area contributed by atoms with E-state index in [1.165, 1.54) is 0 Å². The van der Waals surface area contributed by atoms with Crippen LogP contribution < -0.4 is 0 Å². The summed E-state index contributed by atoms with van der Waals surface area (Å²) >= 11 is 3.69. The third kappa shape index (κ3) is 11.3. The highest BCUT2D eigenvalue weighted by molar-refractivity contribution is 8.17. The number of carbonyl (C=O) groups excluding carboxylic acids is 1. The number of carbonyl (C=O) groups is 1. The summed E-state index contributed by atoms with van der Waals surface area (Å²) in [6, 6.07) is 39.4. The lowest BCUT2D eigenvalue weighted by molar-refractivity contribution is -0.173. The first-order valence-corrected chi connectivity index (χ1v) is 17.6. The predicted octanol–water partition coefficient (Wildman–Crippen LogP) is 8.82. The van der Waals surface area contributed by atoms with Gasteiger partial charge in [0.05, 0.1) is 30.0 Å². The van der Waals surface area contributed by atoms with Crippen LogP contribution in [0.2, 0.25) is 0 Å². The van der Waals surface area contributed by atoms with Gasteiger partial charge < -0.3 is 18.9 Å². The molecule has 0 N–H and O–H groups in total. The first kappa shape index (κ1) is 34.8. The Balaban J connectivity index is 1.71. The highest BCUT2D eigenvalue weighted by Gasteiger charge is 2.41. The summed E-state index contributed by atoms with van der Waals surface area (Å²) < 4.78 is 26.6. The van der Waals surface area contributed by atoms with Crippen molar-refractivity contribution >= 4 is 29.5 Å². The van der Waals surface area contributed by atoms with Gasteiger partial charge in [-0.05, 0) is 47.3 Å². The van der Waals surface area contributed by atoms with E-state index in [0.29, 0.717) is 25.4 Å². The number of hydrogen-bond acceptors (Lipinski definition) is 7. The molecule has 0 aliphatic carbocycles. The summed E-state index contributed by atoms with van der Waals surface area (Å²) in [5.41, 5.74) is 3.64. The maximum absolute atomic E-state index is 13.3. The van der Waals surface area contributed by atoms with Crippen LogP contribution in [0.15, 0.2) is 121 Å². The molecular weight excluding hydrogens is 601 g/mol. The molecule has 0 amide bonds. The fraction of sp³-hybridized carbons (Fsp3) is 0.342. The van der Waals surface area contributed by atoms with E-state index >= 15 is 0 Å². The Morgan fingerprint density at radius 1 is 0.556 bits per heavy atom. The van der Waals surface area contributed by atoms with Crippen molar-refractivity contribution in [2.75, 3.05) is 11.5 Å². The molecule has 4 aromatic rings. The molecule has 0 aliphatic heterocycles. The first-order chi connectivity index (χ1) is 22.1. The lowest BCUT2D eigenvalue weighted by Crippen LogP contribution is -2.52. The van der Waals surface area contributed by atoms with Gasteiger partial charge in [0, 0.05) is 0 Å². The van der Waals surface area contributed by atoms with Crippen molar-refractivity contribution in [1.29, 1.82) is 0 Å². The van der Waals surface area contributed by atoms with Gasteiger partial charge in [0.2, 0.25) is 0 Å². The SMILES string of the molecule is CCSC(SCC)[C@H](OCc1ccccc1)[C@@H](OCc1ccccc1)[C@@H](OCc1ccccc1)[C@H](C)OC(=O)c1ccccc1. The number of esters is 1. The van der Waals surface area contributed by atoms with Crippen molar-refractivity contribution in [1.82, 2.24) is 0 Å². The highest BCUT2D eigenvalue weighted by Crippen LogP contribution is 2.35. The van der Waals surface area contributed by atoms with E-state index in [1.807, 2.05) is 115 Å². The highest BCUT2D eigenvalue weighted by atomic mass is 32.2. The standard InChI is InChI=1S/C38H44O5S2/c1-4-44-38(45-5-2)36(42-28-32-22-14-8-15-23-32)35(41-27-31-20-12-7-13-21-31)34(40-26-30-18-10-6-11-19-30)29(3)43-37(39)33-24-16-9-17-25-33/h6-25,29,34-36,38H,4-5,26-28H2,1-3H3/t29-,34-,35-,36+/m0/s1. The Kier molecular flexibility index (Phi) is 15.0. The number of ether oxygens (including phenoxy) is 4. The van der Waals surface area contributed by atoms with Crippen LogP contribution in [0.5, 0.6) is 0 Å². The third-order valence-electron chi connectivity index (χ3n) is 7.20. The van der Waals surface area contributed by atoms with E-state index < -0.39 is 24.3 Å². The van der Waals surface area contributed by atoms with E-state index in [0.717, 1.165) is 28.2 Å². The summed E-state index contributed by atoms with van der Waals surface area (Å²) in [5, 5.41) is 0. The molecule has 238 valence electrons. The maximum atomic E-state index is 13.3. The van der Waals surface area contributed by atoms with Crippen LogP contribution in [0.3, 0.4) is 0 Å². The Morgan fingerprint density at radius 3 is 1.36 bits per heavy atom. The van der Waals surface area contributed by atoms with Crippen molar-refractivity contribution in [3.8, 4) is 0 Å². The van der Waals surface area contributed by atoms with Gasteiger partial charge in [0.1, 0.15) is 24.4 Å². The monoisotopic (exact) mass is 644 g/mol. The van der Waals surface area contributed by atoms with Gasteiger partial charge in [-0.25, -0.2) is 4.79 Å². The van der Waals surface area contributed by atoms with Gasteiger partial charge in [0.25, 0.3) is 0 Å². The maximum Gasteiger partial charge on any atom is 0.338 e. The zero-order valence-corrected chi connectivity index (χ0v) is 28.0. The predicted molar refractivity (Wildman–Crippen MR) is 186 cm³/mol. The van der Waals surface area contributed by atoms with Crippen molar-refractivity contribution < 1.29 is 23.7 Å². The van der Waals surface area contributed by atoms with Crippen LogP contribution in [0.1, 0.15) is 47.8 Å². The Bertz CT molecular complexity index is 1350. The molecule has 0 saturated heterocycles. The van der Waals surface area contributed by atoms with Crippen LogP contribution in [-0.2, 0) is 38.8 Å². The molecule has 0 unspecified atom stereocenters. The zero-order chi connectivity index (χ0) is 31.7. The lowest BCUT2D eigenvalue weighted by Gasteiger charge is -2.39. The van der Waals surface area contributed by atoms with E-state index in [-0.39, 0.29) is 10.7 Å². The van der Waals surface area contributed by atoms with Crippen LogP contribution in [0.25, 0.3) is 0 Å². The third-order valence-corrected chi connectivity index (χ3v) is 9.88. The molecule has 7 heteroatoms. The summed E-state index contributed by atoms with van der Waals surface area (Å²) in [4.78, 5) is 13.3. The van der Waals surface area contributed by atoms with Gasteiger partial charge in [-0.15, -0.1) is 23.5 Å². The van der Waals surface area contributed by atoms with Gasteiger partial charge in [-0.3, -0.25) is 0 Å². The molecule has 0 aliphatic rings. The van der Waals surface area contributed by atoms with E-state index in [2.05, 4.69) is 38.1 Å². The van der Waals surface area contributed by atoms with Crippen LogP contribution >= 0.6 is 23.5 Å². The summed E-state index contributed by atoms with van der Waals surface area (Å²) in [6.07, 6.45) is -2.19. The van der Waals surface area contributed by atoms with E-state index in [4.69, 9.17) is 18.9 Å². The molecule has 0 bridgehead atoms. The first-order valence-electron chi connectivity index (χ1n) is 15.5. The minimum Gasteiger partial charge on any atom is -0.456 e. The second-order valence-corrected chi connectivity index (χ2v) is 13.7. The number of benzene rings is 4. The van der Waals surface area contributed by atoms with Gasteiger partial charge in [-0.2, -0.15) is 0 Å². The normalized spacial score (nSPS) is 14.0. The molecule has 0 radical (unpaired) electrons. The average Bonchev–Trinajstić information content (AvgIpc) is 3.08. The van der Waals surface area contributed by atoms with Crippen LogP contribution in [-0.4, -0.2) is 46.5 Å². The summed E-state index contributed by atoms with van der Waals surface area (Å²) in [5.74, 6) is 1.44. The van der Waals surface area contributed by atoms with Gasteiger partial charge in [-0.1, -0.05) is 123 Å². The van der Waals surface area contributed by atoms with Crippen molar-refractivity contribution in [3.05, 3.63) is 144 Å². The zero-order valence-electron chi connectivity index (χ0n) is 26.3. The van der Waals surface area contributed by atoms with Crippen LogP contribution in [0.4, 0.5) is 0 Å². The minimum absolute atomic E-state index is 0.0596. The molecule has 0 saturated carbocycles. The molecule has 0 fully saturated rings. The molecule has 5 nitrogen and oxygen atoms in total. The fourth-order valence-electron chi connectivity index (χ4n) is 4.95. The Morgan fingerprint density at radius 2 is 0.933 bits per heavy atom. The molecule has 45 heavy (non-hydrogen) atoms. The number of thioether (sulfide) groups is 2. The van der Waals surface area contributed by atoms with Crippen LogP contribution in [0, 0.1) is 0 Å². The lowest BCUT2D eigenvalue weighted by atomic mass is 10.0. The quantitative estimate of drug-likeness (QED) is 0.0747. The van der Waals surface area contributed by atoms with Gasteiger partial charge >= 0.3 is 5.97 Å². The van der Waals surface area contributed by atoms with Crippen molar-refractivity contribution in [3.63, 3.8) is 0 Å². The van der Waals surface area contributed by atoms with E-state index in [1.54, 1.807) is 12.1 Å². The molecular formula is C38H44O5S2.